The Balaban J connectivity index is 1.66. The lowest BCUT2D eigenvalue weighted by molar-refractivity contribution is -0.161. The van der Waals surface area contributed by atoms with E-state index >= 15 is 0 Å². The Bertz CT molecular complexity index is 852. The number of Topliss-reactive ketones (excluding diaryl/α,β-unsaturated/α-hetero) is 1. The normalized spacial score (nSPS) is 32.7. The van der Waals surface area contributed by atoms with Crippen LogP contribution >= 0.6 is 0 Å². The highest BCUT2D eigenvalue weighted by molar-refractivity contribution is 5.99. The van der Waals surface area contributed by atoms with Crippen molar-refractivity contribution < 1.29 is 34.8 Å². The third-order valence-corrected chi connectivity index (χ3v) is 8.23. The Morgan fingerprint density at radius 3 is 2.63 bits per heavy atom. The second kappa shape index (κ2) is 11.8. The number of ketones is 2. The number of β-amino-alcohol motifs (C(OH)–C–C–N with tert-alkyl or cyclic N) is 1. The number of hydrogen-bond donors (Lipinski definition) is 5. The second-order valence-corrected chi connectivity index (χ2v) is 10.6. The summed E-state index contributed by atoms with van der Waals surface area (Å²) >= 11 is 0. The van der Waals surface area contributed by atoms with Crippen molar-refractivity contribution >= 4 is 17.5 Å². The van der Waals surface area contributed by atoms with Gasteiger partial charge in [0.25, 0.3) is 0 Å². The number of aliphatic hydroxyl groups is 3. The van der Waals surface area contributed by atoms with E-state index in [4.69, 9.17) is 5.11 Å². The molecule has 2 aliphatic carbocycles. The number of hydrogen-bond acceptors (Lipinski definition) is 7. The highest BCUT2D eigenvalue weighted by atomic mass is 16.4. The number of aliphatic hydroxyl groups excluding tert-OH is 2. The Morgan fingerprint density at radius 2 is 1.91 bits per heavy atom. The molecule has 0 aromatic carbocycles. The molecule has 2 bridgehead atoms. The van der Waals surface area contributed by atoms with E-state index in [-0.39, 0.29) is 49.1 Å². The van der Waals surface area contributed by atoms with Crippen LogP contribution in [0.2, 0.25) is 0 Å². The number of carboxylic acids is 1. The van der Waals surface area contributed by atoms with E-state index in [1.54, 1.807) is 0 Å². The Hall–Kier alpha value is -2.03. The van der Waals surface area contributed by atoms with E-state index < -0.39 is 29.2 Å². The number of carboxylic acid groups (broad SMARTS) is 1. The topological polar surface area (TPSA) is 144 Å². The first-order valence-electron chi connectivity index (χ1n) is 13.1. The van der Waals surface area contributed by atoms with E-state index in [0.29, 0.717) is 37.9 Å². The molecule has 2 fully saturated rings. The molecule has 5 N–H and O–H groups in total. The number of unbranched alkanes of at least 4 members (excludes halogenated alkanes) is 4. The summed E-state index contributed by atoms with van der Waals surface area (Å²) in [6.45, 7) is 2.34. The summed E-state index contributed by atoms with van der Waals surface area (Å²) in [7, 11) is 0. The van der Waals surface area contributed by atoms with Gasteiger partial charge in [0.15, 0.2) is 11.6 Å². The van der Waals surface area contributed by atoms with Crippen molar-refractivity contribution in [2.24, 2.45) is 17.3 Å². The summed E-state index contributed by atoms with van der Waals surface area (Å²) in [4.78, 5) is 36.3. The maximum atomic E-state index is 13.0. The van der Waals surface area contributed by atoms with Gasteiger partial charge in [0.05, 0.1) is 6.10 Å². The van der Waals surface area contributed by atoms with Crippen molar-refractivity contribution in [2.75, 3.05) is 6.54 Å². The summed E-state index contributed by atoms with van der Waals surface area (Å²) in [5.74, 6) is -1.94. The third-order valence-electron chi connectivity index (χ3n) is 8.23. The molecule has 0 radical (unpaired) electrons. The fourth-order valence-electron chi connectivity index (χ4n) is 6.44. The lowest BCUT2D eigenvalue weighted by Crippen LogP contribution is -2.60. The van der Waals surface area contributed by atoms with Gasteiger partial charge in [0.2, 0.25) is 0 Å². The number of nitrogens with one attached hydrogen (secondary N) is 1. The molecule has 35 heavy (non-hydrogen) atoms. The van der Waals surface area contributed by atoms with Gasteiger partial charge in [-0.15, -0.1) is 0 Å². The molecule has 1 unspecified atom stereocenters. The molecule has 196 valence electrons. The predicted molar refractivity (Wildman–Crippen MR) is 130 cm³/mol. The van der Waals surface area contributed by atoms with Gasteiger partial charge in [0, 0.05) is 36.6 Å². The van der Waals surface area contributed by atoms with Gasteiger partial charge in [-0.1, -0.05) is 44.8 Å². The maximum Gasteiger partial charge on any atom is 0.303 e. The lowest BCUT2D eigenvalue weighted by Gasteiger charge is -2.55. The first-order chi connectivity index (χ1) is 16.6. The Morgan fingerprint density at radius 1 is 1.20 bits per heavy atom. The van der Waals surface area contributed by atoms with Crippen LogP contribution in [0.25, 0.3) is 0 Å². The van der Waals surface area contributed by atoms with Crippen LogP contribution in [-0.4, -0.2) is 62.3 Å². The number of carbonyl (C=O) groups is 3. The van der Waals surface area contributed by atoms with E-state index in [0.717, 1.165) is 25.7 Å². The molecule has 1 saturated heterocycles. The largest absolute Gasteiger partial charge is 0.481 e. The monoisotopic (exact) mass is 491 g/mol. The van der Waals surface area contributed by atoms with Gasteiger partial charge >= 0.3 is 5.97 Å². The average Bonchev–Trinajstić information content (AvgIpc) is 3.10. The van der Waals surface area contributed by atoms with Crippen LogP contribution in [0.15, 0.2) is 23.9 Å². The van der Waals surface area contributed by atoms with E-state index in [9.17, 15) is 29.7 Å². The molecule has 0 aromatic heterocycles. The van der Waals surface area contributed by atoms with Crippen LogP contribution in [0.1, 0.15) is 84.0 Å². The molecular formula is C27H41NO7. The molecule has 8 heteroatoms. The van der Waals surface area contributed by atoms with E-state index in [2.05, 4.69) is 11.4 Å². The second-order valence-electron chi connectivity index (χ2n) is 10.6. The summed E-state index contributed by atoms with van der Waals surface area (Å²) in [5, 5.41) is 44.7. The fourth-order valence-corrected chi connectivity index (χ4v) is 6.44. The van der Waals surface area contributed by atoms with Crippen LogP contribution in [0.3, 0.4) is 0 Å². The molecule has 1 heterocycles. The van der Waals surface area contributed by atoms with Crippen LogP contribution in [-0.2, 0) is 14.4 Å². The smallest absolute Gasteiger partial charge is 0.303 e. The van der Waals surface area contributed by atoms with E-state index in [1.165, 1.54) is 6.08 Å². The van der Waals surface area contributed by atoms with Crippen LogP contribution in [0.5, 0.6) is 0 Å². The van der Waals surface area contributed by atoms with Crippen molar-refractivity contribution in [3.63, 3.8) is 0 Å². The lowest BCUT2D eigenvalue weighted by atomic mass is 9.50. The van der Waals surface area contributed by atoms with Crippen LogP contribution < -0.4 is 5.32 Å². The van der Waals surface area contributed by atoms with Crippen molar-refractivity contribution in [3.8, 4) is 0 Å². The number of carbonyl (C=O) groups excluding carboxylic acids is 2. The minimum atomic E-state index is -1.60. The molecule has 1 spiro atoms. The van der Waals surface area contributed by atoms with Crippen molar-refractivity contribution in [3.05, 3.63) is 23.9 Å². The standard InChI is InChI=1S/C27H41NO7/c1-2-3-7-10-19-18(13-21(30)20(29)11-8-5-4-6-9-12-25(33)34)15-26(35)17-27(19)22(14-23(26)31)28-16-24(27)32/h3,7,14,18-20,24,28-29,32,35H,2,4-6,8-13,15-17H2,1H3,(H,33,34)/b7-3-/t18-,19-,20+,24+,26-,27?/m1/s1. The Labute approximate surface area is 207 Å². The van der Waals surface area contributed by atoms with Crippen molar-refractivity contribution in [1.82, 2.24) is 5.32 Å². The quantitative estimate of drug-likeness (QED) is 0.184. The number of aliphatic carboxylic acids is 1. The van der Waals surface area contributed by atoms with Gasteiger partial charge in [-0.3, -0.25) is 14.4 Å². The van der Waals surface area contributed by atoms with Crippen molar-refractivity contribution in [1.29, 1.82) is 0 Å². The van der Waals surface area contributed by atoms with Gasteiger partial charge in [-0.05, 0) is 50.4 Å². The van der Waals surface area contributed by atoms with Gasteiger partial charge < -0.3 is 25.7 Å². The molecule has 3 aliphatic rings. The minimum Gasteiger partial charge on any atom is -0.481 e. The summed E-state index contributed by atoms with van der Waals surface area (Å²) in [6, 6.07) is 0. The Kier molecular flexibility index (Phi) is 9.29. The minimum absolute atomic E-state index is 0.0573. The molecule has 0 amide bonds. The maximum absolute atomic E-state index is 13.0. The summed E-state index contributed by atoms with van der Waals surface area (Å²) < 4.78 is 0. The zero-order valence-corrected chi connectivity index (χ0v) is 20.7. The average molecular weight is 492 g/mol. The van der Waals surface area contributed by atoms with Gasteiger partial charge in [0.1, 0.15) is 11.7 Å². The fraction of sp³-hybridized carbons (Fsp3) is 0.741. The number of allylic oxidation sites excluding steroid dienone is 2. The third kappa shape index (κ3) is 6.04. The molecular weight excluding hydrogens is 450 g/mol. The highest BCUT2D eigenvalue weighted by Crippen LogP contribution is 2.60. The van der Waals surface area contributed by atoms with Crippen molar-refractivity contribution in [2.45, 2.75) is 102 Å². The van der Waals surface area contributed by atoms with Gasteiger partial charge in [-0.25, -0.2) is 0 Å². The van der Waals surface area contributed by atoms with Crippen LogP contribution in [0, 0.1) is 17.3 Å². The molecule has 8 nitrogen and oxygen atoms in total. The summed E-state index contributed by atoms with van der Waals surface area (Å²) in [6.07, 6.45) is 9.83. The zero-order valence-electron chi connectivity index (χ0n) is 20.7. The van der Waals surface area contributed by atoms with Gasteiger partial charge in [-0.2, -0.15) is 0 Å². The van der Waals surface area contributed by atoms with Crippen LogP contribution in [0.4, 0.5) is 0 Å². The molecule has 1 saturated carbocycles. The first kappa shape index (κ1) is 27.6. The zero-order chi connectivity index (χ0) is 25.6. The highest BCUT2D eigenvalue weighted by Gasteiger charge is 2.64. The molecule has 1 aliphatic heterocycles. The SMILES string of the molecule is CC/C=C\C[C@@H]1[C@H](CC(=O)[C@@H](O)CCCCCCCC(=O)O)C[C@@]2(O)CC13C(=CC2=O)NC[C@@H]3O. The number of rotatable bonds is 14. The molecule has 0 aromatic rings. The van der Waals surface area contributed by atoms with E-state index in [1.807, 2.05) is 13.0 Å². The molecule has 6 atom stereocenters. The molecule has 3 rings (SSSR count). The number of fused-ring (bicyclic) bond motifs is 1. The predicted octanol–water partition coefficient (Wildman–Crippen LogP) is 2.65. The first-order valence-corrected chi connectivity index (χ1v) is 13.1. The summed E-state index contributed by atoms with van der Waals surface area (Å²) in [5.41, 5.74) is -1.74.